The summed E-state index contributed by atoms with van der Waals surface area (Å²) in [6, 6.07) is 2.93. The van der Waals surface area contributed by atoms with Crippen molar-refractivity contribution in [2.75, 3.05) is 6.54 Å². The molecule has 12 heteroatoms. The van der Waals surface area contributed by atoms with Gasteiger partial charge in [0, 0.05) is 22.7 Å². The fraction of sp³-hybridized carbons (Fsp3) is 0.444. The van der Waals surface area contributed by atoms with Crippen LogP contribution in [0.4, 0.5) is 10.5 Å². The number of carbonyl (C=O) groups is 4. The first kappa shape index (κ1) is 24.2. The van der Waals surface area contributed by atoms with Gasteiger partial charge in [0.25, 0.3) is 5.91 Å². The van der Waals surface area contributed by atoms with Crippen LogP contribution >= 0.6 is 0 Å². The van der Waals surface area contributed by atoms with Crippen LogP contribution in [0.1, 0.15) is 37.0 Å². The molecule has 0 spiro atoms. The topological polar surface area (TPSA) is 199 Å². The van der Waals surface area contributed by atoms with Gasteiger partial charge in [-0.05, 0) is 36.4 Å². The first-order valence-electron chi connectivity index (χ1n) is 9.18. The number of hydrogen-bond acceptors (Lipinski definition) is 5. The number of nitrogens with zero attached hydrogens (tertiary/aromatic N) is 3. The maximum atomic E-state index is 12.6. The number of primary amides is 1. The summed E-state index contributed by atoms with van der Waals surface area (Å²) in [5.41, 5.74) is 13.9. The minimum Gasteiger partial charge on any atom is -0.480 e. The van der Waals surface area contributed by atoms with Crippen LogP contribution in [0.2, 0.25) is 0 Å². The number of nitrogens with two attached hydrogens (primary N) is 1. The maximum absolute atomic E-state index is 12.6. The molecule has 0 radical (unpaired) electrons. The Kier molecular flexibility index (Phi) is 9.63. The van der Waals surface area contributed by atoms with E-state index in [1.807, 2.05) is 0 Å². The van der Waals surface area contributed by atoms with Gasteiger partial charge in [-0.15, -0.1) is 0 Å². The Bertz CT molecular complexity index is 819. The Morgan fingerprint density at radius 2 is 1.80 bits per heavy atom. The normalized spacial score (nSPS) is 12.2. The van der Waals surface area contributed by atoms with Crippen molar-refractivity contribution in [2.24, 2.45) is 16.8 Å². The van der Waals surface area contributed by atoms with Crippen LogP contribution in [0.15, 0.2) is 29.4 Å². The lowest BCUT2D eigenvalue weighted by Crippen LogP contribution is -2.53. The summed E-state index contributed by atoms with van der Waals surface area (Å²) in [4.78, 5) is 49.8. The molecule has 0 aliphatic heterocycles. The number of azide groups is 1. The Balaban J connectivity index is 2.77. The molecular formula is C18H25N7O5. The van der Waals surface area contributed by atoms with Crippen LogP contribution in [-0.2, 0) is 9.59 Å². The third kappa shape index (κ3) is 8.07. The highest BCUT2D eigenvalue weighted by Gasteiger charge is 2.28. The van der Waals surface area contributed by atoms with Gasteiger partial charge in [0.1, 0.15) is 12.1 Å². The number of rotatable bonds is 11. The number of benzene rings is 1. The van der Waals surface area contributed by atoms with Crippen molar-refractivity contribution < 1.29 is 24.3 Å². The van der Waals surface area contributed by atoms with Crippen LogP contribution in [0.25, 0.3) is 10.4 Å². The van der Waals surface area contributed by atoms with E-state index in [1.165, 1.54) is 24.3 Å². The number of aliphatic carboxylic acids is 1. The van der Waals surface area contributed by atoms with Crippen molar-refractivity contribution in [1.82, 2.24) is 16.0 Å². The van der Waals surface area contributed by atoms with E-state index in [2.05, 4.69) is 26.0 Å². The van der Waals surface area contributed by atoms with Crippen molar-refractivity contribution in [2.45, 2.75) is 38.8 Å². The van der Waals surface area contributed by atoms with E-state index in [-0.39, 0.29) is 30.9 Å². The molecule has 0 saturated heterocycles. The Morgan fingerprint density at radius 3 is 2.30 bits per heavy atom. The maximum Gasteiger partial charge on any atom is 0.326 e. The second kappa shape index (κ2) is 11.9. The molecule has 1 aromatic carbocycles. The summed E-state index contributed by atoms with van der Waals surface area (Å²) in [6.07, 6.45) is 0.359. The van der Waals surface area contributed by atoms with Crippen LogP contribution < -0.4 is 21.7 Å². The molecule has 4 amide bonds. The summed E-state index contributed by atoms with van der Waals surface area (Å²) in [6.45, 7) is 3.59. The molecule has 1 rings (SSSR count). The highest BCUT2D eigenvalue weighted by Crippen LogP contribution is 2.14. The lowest BCUT2D eigenvalue weighted by Gasteiger charge is -2.24. The summed E-state index contributed by atoms with van der Waals surface area (Å²) in [7, 11) is 0. The third-order valence-electron chi connectivity index (χ3n) is 4.11. The van der Waals surface area contributed by atoms with Gasteiger partial charge in [0.05, 0.1) is 0 Å². The average molecular weight is 419 g/mol. The summed E-state index contributed by atoms with van der Waals surface area (Å²) in [5, 5.41) is 20.1. The van der Waals surface area contributed by atoms with Gasteiger partial charge < -0.3 is 26.8 Å². The van der Waals surface area contributed by atoms with Gasteiger partial charge in [-0.3, -0.25) is 9.59 Å². The fourth-order valence-electron chi connectivity index (χ4n) is 2.53. The van der Waals surface area contributed by atoms with E-state index in [1.54, 1.807) is 13.8 Å². The number of hydrogen-bond donors (Lipinski definition) is 5. The van der Waals surface area contributed by atoms with Gasteiger partial charge in [0.15, 0.2) is 0 Å². The van der Waals surface area contributed by atoms with Crippen LogP contribution in [-0.4, -0.2) is 47.5 Å². The van der Waals surface area contributed by atoms with E-state index >= 15 is 0 Å². The SMILES string of the molecule is CC(C)[C@H](NC(=O)c1ccc(N=[N+]=[N-])cc1)C(=O)N[C@@H](CCCNC(N)=O)C(=O)O. The molecule has 2 atom stereocenters. The first-order chi connectivity index (χ1) is 14.1. The van der Waals surface area contributed by atoms with Gasteiger partial charge in [0.2, 0.25) is 5.91 Å². The van der Waals surface area contributed by atoms with Crippen molar-refractivity contribution in [3.05, 3.63) is 40.3 Å². The Morgan fingerprint density at radius 1 is 1.17 bits per heavy atom. The highest BCUT2D eigenvalue weighted by atomic mass is 16.4. The molecule has 0 aliphatic carbocycles. The molecule has 1 aromatic rings. The van der Waals surface area contributed by atoms with Gasteiger partial charge in [-0.25, -0.2) is 9.59 Å². The molecule has 0 saturated carbocycles. The van der Waals surface area contributed by atoms with Crippen LogP contribution in [0.5, 0.6) is 0 Å². The molecule has 0 unspecified atom stereocenters. The summed E-state index contributed by atoms with van der Waals surface area (Å²) in [5.74, 6) is -2.72. The summed E-state index contributed by atoms with van der Waals surface area (Å²) < 4.78 is 0. The second-order valence-electron chi connectivity index (χ2n) is 6.76. The van der Waals surface area contributed by atoms with Crippen molar-refractivity contribution in [3.8, 4) is 0 Å². The number of carboxylic acid groups (broad SMARTS) is 1. The standard InChI is InChI=1S/C18H25N7O5/c1-10(2)14(23-15(26)11-5-7-12(8-6-11)24-25-20)16(27)22-13(17(28)29)4-3-9-21-18(19)30/h5-8,10,13-14H,3-4,9H2,1-2H3,(H,22,27)(H,23,26)(H,28,29)(H3,19,21,30)/t13-,14-/m0/s1. The predicted molar refractivity (Wildman–Crippen MR) is 108 cm³/mol. The van der Waals surface area contributed by atoms with Gasteiger partial charge in [-0.2, -0.15) is 0 Å². The minimum atomic E-state index is -1.23. The van der Waals surface area contributed by atoms with E-state index in [0.29, 0.717) is 5.69 Å². The molecule has 162 valence electrons. The second-order valence-corrected chi connectivity index (χ2v) is 6.76. The van der Waals surface area contributed by atoms with Gasteiger partial charge >= 0.3 is 12.0 Å². The van der Waals surface area contributed by atoms with Gasteiger partial charge in [-0.1, -0.05) is 31.1 Å². The van der Waals surface area contributed by atoms with Crippen molar-refractivity contribution in [1.29, 1.82) is 0 Å². The number of carbonyl (C=O) groups excluding carboxylic acids is 3. The van der Waals surface area contributed by atoms with Crippen LogP contribution in [0.3, 0.4) is 0 Å². The zero-order valence-corrected chi connectivity index (χ0v) is 16.7. The van der Waals surface area contributed by atoms with E-state index in [0.717, 1.165) is 0 Å². The quantitative estimate of drug-likeness (QED) is 0.156. The average Bonchev–Trinajstić information content (AvgIpc) is 2.68. The molecule has 0 aliphatic rings. The Hall–Kier alpha value is -3.79. The monoisotopic (exact) mass is 419 g/mol. The number of amides is 4. The number of carboxylic acids is 1. The predicted octanol–water partition coefficient (Wildman–Crippen LogP) is 1.40. The largest absolute Gasteiger partial charge is 0.480 e. The van der Waals surface area contributed by atoms with Crippen molar-refractivity contribution in [3.63, 3.8) is 0 Å². The lowest BCUT2D eigenvalue weighted by molar-refractivity contribution is -0.142. The molecule has 0 aromatic heterocycles. The number of nitrogens with one attached hydrogen (secondary N) is 3. The zero-order chi connectivity index (χ0) is 22.7. The third-order valence-corrected chi connectivity index (χ3v) is 4.11. The molecule has 0 bridgehead atoms. The Labute approximate surface area is 172 Å². The van der Waals surface area contributed by atoms with E-state index in [4.69, 9.17) is 11.3 Å². The van der Waals surface area contributed by atoms with Crippen molar-refractivity contribution >= 4 is 29.5 Å². The zero-order valence-electron chi connectivity index (χ0n) is 16.7. The molecule has 6 N–H and O–H groups in total. The minimum absolute atomic E-state index is 0.0704. The molecule has 0 heterocycles. The number of urea groups is 1. The highest BCUT2D eigenvalue weighted by molar-refractivity contribution is 5.98. The molecular weight excluding hydrogens is 394 g/mol. The van der Waals surface area contributed by atoms with E-state index in [9.17, 15) is 24.3 Å². The first-order valence-corrected chi connectivity index (χ1v) is 9.18. The van der Waals surface area contributed by atoms with Crippen LogP contribution in [0, 0.1) is 5.92 Å². The molecule has 30 heavy (non-hydrogen) atoms. The van der Waals surface area contributed by atoms with E-state index < -0.39 is 35.9 Å². The fourth-order valence-corrected chi connectivity index (χ4v) is 2.53. The molecule has 12 nitrogen and oxygen atoms in total. The molecule has 0 fully saturated rings. The summed E-state index contributed by atoms with van der Waals surface area (Å²) >= 11 is 0. The smallest absolute Gasteiger partial charge is 0.326 e. The lowest BCUT2D eigenvalue weighted by atomic mass is 10.0.